The monoisotopic (exact) mass is 564 g/mol. The number of aliphatic hydroxyl groups excluding tert-OH is 1. The Labute approximate surface area is 235 Å². The van der Waals surface area contributed by atoms with E-state index in [0.29, 0.717) is 56.0 Å². The van der Waals surface area contributed by atoms with Crippen LogP contribution in [-0.4, -0.2) is 67.4 Å². The van der Waals surface area contributed by atoms with Gasteiger partial charge in [-0.25, -0.2) is 0 Å². The van der Waals surface area contributed by atoms with Crippen LogP contribution in [0, 0.1) is 11.8 Å². The Morgan fingerprint density at radius 3 is 2.60 bits per heavy atom. The molecule has 0 spiro atoms. The molecule has 0 bridgehead atoms. The van der Waals surface area contributed by atoms with Crippen LogP contribution in [0.25, 0.3) is 11.1 Å². The number of hydrogen-bond donors (Lipinski definition) is 3. The zero-order valence-electron chi connectivity index (χ0n) is 23.3. The van der Waals surface area contributed by atoms with Gasteiger partial charge in [0.05, 0.1) is 30.6 Å². The zero-order chi connectivity index (χ0) is 28.8. The van der Waals surface area contributed by atoms with Gasteiger partial charge in [0.25, 0.3) is 0 Å². The molecule has 2 aromatic carbocycles. The van der Waals surface area contributed by atoms with Crippen molar-refractivity contribution in [1.82, 2.24) is 4.90 Å². The lowest BCUT2D eigenvalue weighted by Crippen LogP contribution is -2.47. The van der Waals surface area contributed by atoms with Gasteiger partial charge in [-0.2, -0.15) is 13.2 Å². The number of piperidine rings is 1. The number of likely N-dealkylation sites (tertiary alicyclic amines) is 1. The third kappa shape index (κ3) is 7.63. The maximum absolute atomic E-state index is 13.5. The SMILES string of the molecule is COCCCC[C@@](O)(c1ccccc1-c1cccc(C(F)(F)F)c1)[C@@H]1CCCN(COCC2C[C@@H](N)[C@@H](O)C2)C1. The average molecular weight is 565 g/mol. The van der Waals surface area contributed by atoms with E-state index in [4.69, 9.17) is 15.2 Å². The molecule has 9 heteroatoms. The van der Waals surface area contributed by atoms with E-state index in [1.54, 1.807) is 25.3 Å². The number of nitrogens with two attached hydrogens (primary N) is 1. The van der Waals surface area contributed by atoms with E-state index in [1.807, 2.05) is 12.1 Å². The third-order valence-corrected chi connectivity index (χ3v) is 8.53. The smallest absolute Gasteiger partial charge is 0.392 e. The molecule has 222 valence electrons. The largest absolute Gasteiger partial charge is 0.416 e. The Bertz CT molecular complexity index is 1070. The molecule has 1 saturated carbocycles. The summed E-state index contributed by atoms with van der Waals surface area (Å²) in [5.41, 5.74) is 5.71. The Hall–Kier alpha value is -2.01. The van der Waals surface area contributed by atoms with Gasteiger partial charge < -0.3 is 25.4 Å². The summed E-state index contributed by atoms with van der Waals surface area (Å²) >= 11 is 0. The molecule has 2 fully saturated rings. The fourth-order valence-electron chi connectivity index (χ4n) is 6.38. The van der Waals surface area contributed by atoms with Gasteiger partial charge in [-0.1, -0.05) is 36.4 Å². The predicted octanol–water partition coefficient (Wildman–Crippen LogP) is 5.16. The second-order valence-corrected chi connectivity index (χ2v) is 11.5. The highest BCUT2D eigenvalue weighted by Crippen LogP contribution is 2.44. The van der Waals surface area contributed by atoms with Gasteiger partial charge in [-0.15, -0.1) is 0 Å². The van der Waals surface area contributed by atoms with Gasteiger partial charge in [0.1, 0.15) is 0 Å². The first-order chi connectivity index (χ1) is 19.1. The van der Waals surface area contributed by atoms with Gasteiger partial charge in [-0.3, -0.25) is 4.90 Å². The molecule has 1 unspecified atom stereocenters. The summed E-state index contributed by atoms with van der Waals surface area (Å²) in [6, 6.07) is 12.4. The van der Waals surface area contributed by atoms with Crippen molar-refractivity contribution in [2.24, 2.45) is 17.6 Å². The predicted molar refractivity (Wildman–Crippen MR) is 148 cm³/mol. The van der Waals surface area contributed by atoms with Crippen LogP contribution in [0.5, 0.6) is 0 Å². The van der Waals surface area contributed by atoms with Crippen molar-refractivity contribution in [2.75, 3.05) is 40.1 Å². The molecule has 0 radical (unpaired) electrons. The highest BCUT2D eigenvalue weighted by molar-refractivity contribution is 5.69. The summed E-state index contributed by atoms with van der Waals surface area (Å²) in [4.78, 5) is 2.20. The Morgan fingerprint density at radius 1 is 1.07 bits per heavy atom. The summed E-state index contributed by atoms with van der Waals surface area (Å²) in [5.74, 6) is 0.115. The van der Waals surface area contributed by atoms with Crippen molar-refractivity contribution in [2.45, 2.75) is 68.9 Å². The van der Waals surface area contributed by atoms with Crippen LogP contribution in [0.4, 0.5) is 13.2 Å². The normalized spacial score (nSPS) is 25.7. The minimum atomic E-state index is -4.45. The van der Waals surface area contributed by atoms with Crippen LogP contribution < -0.4 is 5.73 Å². The van der Waals surface area contributed by atoms with E-state index in [1.165, 1.54) is 6.07 Å². The van der Waals surface area contributed by atoms with Crippen molar-refractivity contribution >= 4 is 0 Å². The molecule has 2 aromatic rings. The topological polar surface area (TPSA) is 88.2 Å². The number of unbranched alkanes of at least 4 members (excludes halogenated alkanes) is 1. The van der Waals surface area contributed by atoms with Gasteiger partial charge in [0, 0.05) is 38.8 Å². The first-order valence-corrected chi connectivity index (χ1v) is 14.3. The summed E-state index contributed by atoms with van der Waals surface area (Å²) in [5, 5.41) is 22.4. The fraction of sp³-hybridized carbons (Fsp3) is 0.613. The second-order valence-electron chi connectivity index (χ2n) is 11.5. The van der Waals surface area contributed by atoms with E-state index in [2.05, 4.69) is 4.90 Å². The number of rotatable bonds is 12. The lowest BCUT2D eigenvalue weighted by Gasteiger charge is -2.43. The highest BCUT2D eigenvalue weighted by atomic mass is 19.4. The van der Waals surface area contributed by atoms with Crippen molar-refractivity contribution in [3.8, 4) is 11.1 Å². The quantitative estimate of drug-likeness (QED) is 0.309. The van der Waals surface area contributed by atoms with Crippen LogP contribution >= 0.6 is 0 Å². The molecule has 0 aromatic heterocycles. The highest BCUT2D eigenvalue weighted by Gasteiger charge is 2.42. The number of aliphatic hydroxyl groups is 2. The van der Waals surface area contributed by atoms with Crippen molar-refractivity contribution in [3.63, 3.8) is 0 Å². The standard InChI is InChI=1S/C31H43F3N2O4/c1-39-15-5-4-13-30(38,25-10-7-14-36(19-25)21-40-20-22-16-28(35)29(37)17-22)27-12-3-2-11-26(27)23-8-6-9-24(18-23)31(32,33)34/h2-3,6,8-9,11-12,18,22,25,28-29,37-38H,4-5,7,10,13-17,19-21,35H2,1H3/t22?,25-,28-,29+,30+/m1/s1. The summed E-state index contributed by atoms with van der Waals surface area (Å²) < 4.78 is 51.9. The molecule has 5 atom stereocenters. The van der Waals surface area contributed by atoms with Gasteiger partial charge >= 0.3 is 6.18 Å². The number of benzene rings is 2. The molecule has 0 amide bonds. The van der Waals surface area contributed by atoms with Crippen LogP contribution in [0.15, 0.2) is 48.5 Å². The molecule has 6 nitrogen and oxygen atoms in total. The Balaban J connectivity index is 1.55. The van der Waals surface area contributed by atoms with E-state index < -0.39 is 23.4 Å². The summed E-state index contributed by atoms with van der Waals surface area (Å²) in [6.45, 7) is 3.00. The van der Waals surface area contributed by atoms with Crippen LogP contribution in [0.1, 0.15) is 56.1 Å². The summed E-state index contributed by atoms with van der Waals surface area (Å²) in [6.07, 6.45) is 0.131. The molecule has 2 aliphatic rings. The first-order valence-electron chi connectivity index (χ1n) is 14.3. The number of halogens is 3. The van der Waals surface area contributed by atoms with Crippen molar-refractivity contribution in [1.29, 1.82) is 0 Å². The molecule has 40 heavy (non-hydrogen) atoms. The van der Waals surface area contributed by atoms with E-state index in [9.17, 15) is 23.4 Å². The van der Waals surface area contributed by atoms with Gasteiger partial charge in [0.15, 0.2) is 0 Å². The second kappa shape index (κ2) is 13.8. The average Bonchev–Trinajstić information content (AvgIpc) is 3.27. The van der Waals surface area contributed by atoms with Crippen LogP contribution in [0.3, 0.4) is 0 Å². The lowest BCUT2D eigenvalue weighted by atomic mass is 9.72. The number of methoxy groups -OCH3 is 1. The maximum atomic E-state index is 13.5. The van der Waals surface area contributed by atoms with E-state index in [-0.39, 0.29) is 17.9 Å². The van der Waals surface area contributed by atoms with E-state index >= 15 is 0 Å². The molecule has 1 saturated heterocycles. The third-order valence-electron chi connectivity index (χ3n) is 8.53. The molecule has 1 aliphatic heterocycles. The Kier molecular flexibility index (Phi) is 10.6. The lowest BCUT2D eigenvalue weighted by molar-refractivity contribution is -0.137. The molecule has 4 rings (SSSR count). The Morgan fingerprint density at radius 2 is 1.88 bits per heavy atom. The molecule has 1 heterocycles. The summed E-state index contributed by atoms with van der Waals surface area (Å²) in [7, 11) is 1.65. The van der Waals surface area contributed by atoms with Crippen LogP contribution in [-0.2, 0) is 21.3 Å². The molecular weight excluding hydrogens is 521 g/mol. The molecular formula is C31H43F3N2O4. The first kappa shape index (κ1) is 30.9. The number of hydrogen-bond acceptors (Lipinski definition) is 6. The number of nitrogens with zero attached hydrogens (tertiary/aromatic N) is 1. The van der Waals surface area contributed by atoms with Gasteiger partial charge in [-0.05, 0) is 79.7 Å². The van der Waals surface area contributed by atoms with Gasteiger partial charge in [0.2, 0.25) is 0 Å². The maximum Gasteiger partial charge on any atom is 0.416 e. The number of alkyl halides is 3. The molecule has 4 N–H and O–H groups in total. The van der Waals surface area contributed by atoms with Crippen LogP contribution in [0.2, 0.25) is 0 Å². The van der Waals surface area contributed by atoms with Crippen molar-refractivity contribution in [3.05, 3.63) is 59.7 Å². The molecule has 1 aliphatic carbocycles. The fourth-order valence-corrected chi connectivity index (χ4v) is 6.38. The van der Waals surface area contributed by atoms with Crippen molar-refractivity contribution < 1.29 is 32.9 Å². The van der Waals surface area contributed by atoms with E-state index in [0.717, 1.165) is 50.8 Å². The zero-order valence-corrected chi connectivity index (χ0v) is 23.3. The minimum Gasteiger partial charge on any atom is -0.392 e. The minimum absolute atomic E-state index is 0.124. The number of ether oxygens (including phenoxy) is 2.